The highest BCUT2D eigenvalue weighted by Crippen LogP contribution is 2.35. The average molecular weight is 298 g/mol. The van der Waals surface area contributed by atoms with E-state index in [-0.39, 0.29) is 0 Å². The standard InChI is InChI=1S/C15H7F5O/c1-6-2-3-8-7(4-6)5-9(21-8)10-11(16)13(18)15(20)14(19)12(10)17/h2-5H,1H3. The van der Waals surface area contributed by atoms with Crippen LogP contribution in [0, 0.1) is 36.0 Å². The number of fused-ring (bicyclic) bond motifs is 1. The average Bonchev–Trinajstić information content (AvgIpc) is 2.85. The van der Waals surface area contributed by atoms with E-state index in [0.29, 0.717) is 11.0 Å². The van der Waals surface area contributed by atoms with E-state index in [2.05, 4.69) is 0 Å². The number of hydrogen-bond acceptors (Lipinski definition) is 1. The minimum atomic E-state index is -2.19. The summed E-state index contributed by atoms with van der Waals surface area (Å²) in [5.41, 5.74) is 0.0899. The molecule has 0 aliphatic rings. The Hall–Kier alpha value is -2.37. The fourth-order valence-corrected chi connectivity index (χ4v) is 2.11. The fourth-order valence-electron chi connectivity index (χ4n) is 2.11. The van der Waals surface area contributed by atoms with Gasteiger partial charge in [0.15, 0.2) is 23.3 Å². The molecule has 21 heavy (non-hydrogen) atoms. The van der Waals surface area contributed by atoms with Crippen LogP contribution in [0.15, 0.2) is 28.7 Å². The van der Waals surface area contributed by atoms with Gasteiger partial charge in [0.05, 0.1) is 5.56 Å². The van der Waals surface area contributed by atoms with Crippen LogP contribution in [0.2, 0.25) is 0 Å². The molecule has 0 N–H and O–H groups in total. The molecule has 6 heteroatoms. The van der Waals surface area contributed by atoms with E-state index in [4.69, 9.17) is 4.42 Å². The third-order valence-corrected chi connectivity index (χ3v) is 3.13. The monoisotopic (exact) mass is 298 g/mol. The highest BCUT2D eigenvalue weighted by molar-refractivity contribution is 5.83. The first kappa shape index (κ1) is 13.6. The molecule has 108 valence electrons. The van der Waals surface area contributed by atoms with Crippen molar-refractivity contribution in [3.63, 3.8) is 0 Å². The van der Waals surface area contributed by atoms with Crippen LogP contribution in [-0.4, -0.2) is 0 Å². The van der Waals surface area contributed by atoms with E-state index in [1.54, 1.807) is 25.1 Å². The van der Waals surface area contributed by atoms with Gasteiger partial charge in [0.2, 0.25) is 5.82 Å². The smallest absolute Gasteiger partial charge is 0.200 e. The normalized spacial score (nSPS) is 11.3. The first-order chi connectivity index (χ1) is 9.90. The molecule has 0 radical (unpaired) electrons. The number of benzene rings is 2. The van der Waals surface area contributed by atoms with Crippen molar-refractivity contribution in [2.75, 3.05) is 0 Å². The molecule has 0 atom stereocenters. The molecular weight excluding hydrogens is 291 g/mol. The van der Waals surface area contributed by atoms with Gasteiger partial charge in [-0.05, 0) is 25.1 Å². The van der Waals surface area contributed by atoms with Crippen LogP contribution in [0.3, 0.4) is 0 Å². The van der Waals surface area contributed by atoms with Gasteiger partial charge in [0.1, 0.15) is 11.3 Å². The summed E-state index contributed by atoms with van der Waals surface area (Å²) in [6.07, 6.45) is 0. The number of hydrogen-bond donors (Lipinski definition) is 0. The van der Waals surface area contributed by atoms with Gasteiger partial charge in [-0.25, -0.2) is 22.0 Å². The van der Waals surface area contributed by atoms with Crippen molar-refractivity contribution in [3.8, 4) is 11.3 Å². The molecule has 0 saturated heterocycles. The van der Waals surface area contributed by atoms with Crippen molar-refractivity contribution >= 4 is 11.0 Å². The van der Waals surface area contributed by atoms with Crippen molar-refractivity contribution < 1.29 is 26.4 Å². The summed E-state index contributed by atoms with van der Waals surface area (Å²) in [6.45, 7) is 1.80. The number of halogens is 5. The SMILES string of the molecule is Cc1ccc2oc(-c3c(F)c(F)c(F)c(F)c3F)cc2c1. The molecule has 2 aromatic carbocycles. The molecule has 3 aromatic rings. The molecule has 0 spiro atoms. The maximum absolute atomic E-state index is 13.7. The summed E-state index contributed by atoms with van der Waals surface area (Å²) in [7, 11) is 0. The van der Waals surface area contributed by atoms with Gasteiger partial charge in [0.25, 0.3) is 0 Å². The summed E-state index contributed by atoms with van der Waals surface area (Å²) >= 11 is 0. The second-order valence-corrected chi connectivity index (χ2v) is 4.60. The zero-order valence-electron chi connectivity index (χ0n) is 10.6. The van der Waals surface area contributed by atoms with E-state index >= 15 is 0 Å². The highest BCUT2D eigenvalue weighted by atomic mass is 19.2. The van der Waals surface area contributed by atoms with Crippen molar-refractivity contribution in [1.82, 2.24) is 0 Å². The van der Waals surface area contributed by atoms with Crippen LogP contribution in [-0.2, 0) is 0 Å². The predicted molar refractivity (Wildman–Crippen MR) is 66.2 cm³/mol. The molecular formula is C15H7F5O. The first-order valence-electron chi connectivity index (χ1n) is 5.92. The Morgan fingerprint density at radius 3 is 1.95 bits per heavy atom. The minimum absolute atomic E-state index is 0.291. The number of aryl methyl sites for hydroxylation is 1. The van der Waals surface area contributed by atoms with Gasteiger partial charge in [-0.1, -0.05) is 11.6 Å². The van der Waals surface area contributed by atoms with Crippen molar-refractivity contribution in [3.05, 3.63) is 58.9 Å². The van der Waals surface area contributed by atoms with Gasteiger partial charge < -0.3 is 4.42 Å². The Kier molecular flexibility index (Phi) is 2.97. The molecule has 0 saturated carbocycles. The van der Waals surface area contributed by atoms with Crippen LogP contribution in [0.5, 0.6) is 0 Å². The largest absolute Gasteiger partial charge is 0.456 e. The van der Waals surface area contributed by atoms with E-state index in [1.165, 1.54) is 6.07 Å². The maximum atomic E-state index is 13.7. The zero-order chi connectivity index (χ0) is 15.3. The fraction of sp³-hybridized carbons (Fsp3) is 0.0667. The van der Waals surface area contributed by atoms with E-state index in [9.17, 15) is 22.0 Å². The third kappa shape index (κ3) is 1.98. The van der Waals surface area contributed by atoms with Crippen LogP contribution >= 0.6 is 0 Å². The molecule has 0 aliphatic carbocycles. The summed E-state index contributed by atoms with van der Waals surface area (Å²) in [6, 6.07) is 6.17. The van der Waals surface area contributed by atoms with E-state index in [0.717, 1.165) is 5.56 Å². The van der Waals surface area contributed by atoms with Gasteiger partial charge in [-0.2, -0.15) is 0 Å². The van der Waals surface area contributed by atoms with Crippen molar-refractivity contribution in [2.45, 2.75) is 6.92 Å². The molecule has 1 aromatic heterocycles. The molecule has 0 unspecified atom stereocenters. The summed E-state index contributed by atoms with van der Waals surface area (Å²) in [4.78, 5) is 0. The number of furan rings is 1. The van der Waals surface area contributed by atoms with E-state index in [1.807, 2.05) is 0 Å². The lowest BCUT2D eigenvalue weighted by atomic mass is 10.1. The molecule has 0 aliphatic heterocycles. The van der Waals surface area contributed by atoms with Crippen LogP contribution < -0.4 is 0 Å². The third-order valence-electron chi connectivity index (χ3n) is 3.13. The Bertz CT molecular complexity index is 837. The molecule has 1 nitrogen and oxygen atoms in total. The minimum Gasteiger partial charge on any atom is -0.456 e. The Morgan fingerprint density at radius 1 is 0.762 bits per heavy atom. The zero-order valence-corrected chi connectivity index (χ0v) is 10.6. The quantitative estimate of drug-likeness (QED) is 0.346. The van der Waals surface area contributed by atoms with Crippen LogP contribution in [0.4, 0.5) is 22.0 Å². The number of rotatable bonds is 1. The molecule has 0 bridgehead atoms. The van der Waals surface area contributed by atoms with Gasteiger partial charge in [-0.15, -0.1) is 0 Å². The maximum Gasteiger partial charge on any atom is 0.200 e. The lowest BCUT2D eigenvalue weighted by Crippen LogP contribution is -2.03. The summed E-state index contributed by atoms with van der Waals surface area (Å²) < 4.78 is 72.0. The molecule has 0 amide bonds. The lowest BCUT2D eigenvalue weighted by molar-refractivity contribution is 0.379. The van der Waals surface area contributed by atoms with Crippen LogP contribution in [0.25, 0.3) is 22.3 Å². The second-order valence-electron chi connectivity index (χ2n) is 4.60. The predicted octanol–water partition coefficient (Wildman–Crippen LogP) is 5.10. The van der Waals surface area contributed by atoms with Gasteiger partial charge in [-0.3, -0.25) is 0 Å². The summed E-state index contributed by atoms with van der Waals surface area (Å²) in [5, 5.41) is 0.508. The Balaban J connectivity index is 2.32. The first-order valence-corrected chi connectivity index (χ1v) is 5.92. The molecule has 1 heterocycles. The summed E-state index contributed by atoms with van der Waals surface area (Å²) in [5.74, 6) is -10.4. The molecule has 0 fully saturated rings. The Morgan fingerprint density at radius 2 is 1.33 bits per heavy atom. The van der Waals surface area contributed by atoms with Crippen LogP contribution in [0.1, 0.15) is 5.56 Å². The lowest BCUT2D eigenvalue weighted by Gasteiger charge is -2.05. The van der Waals surface area contributed by atoms with Crippen molar-refractivity contribution in [1.29, 1.82) is 0 Å². The topological polar surface area (TPSA) is 13.1 Å². The van der Waals surface area contributed by atoms with Gasteiger partial charge >= 0.3 is 0 Å². The van der Waals surface area contributed by atoms with E-state index < -0.39 is 40.4 Å². The molecule has 3 rings (SSSR count). The van der Waals surface area contributed by atoms with Gasteiger partial charge in [0, 0.05) is 5.39 Å². The highest BCUT2D eigenvalue weighted by Gasteiger charge is 2.28. The van der Waals surface area contributed by atoms with Crippen molar-refractivity contribution in [2.24, 2.45) is 0 Å². The second kappa shape index (κ2) is 4.58. The Labute approximate surface area is 115 Å².